The van der Waals surface area contributed by atoms with Crippen LogP contribution in [-0.4, -0.2) is 16.0 Å². The van der Waals surface area contributed by atoms with Crippen LogP contribution in [0, 0.1) is 6.92 Å². The summed E-state index contributed by atoms with van der Waals surface area (Å²) in [6.07, 6.45) is 3.41. The van der Waals surface area contributed by atoms with Gasteiger partial charge in [-0.15, -0.1) is 0 Å². The molecule has 0 amide bonds. The van der Waals surface area contributed by atoms with Crippen LogP contribution in [0.1, 0.15) is 38.8 Å². The summed E-state index contributed by atoms with van der Waals surface area (Å²) >= 11 is 5.79. The highest BCUT2D eigenvalue weighted by atomic mass is 35.5. The topological polar surface area (TPSA) is 37.8 Å². The number of hydrogen-bond acceptors (Lipinski definition) is 3. The highest BCUT2D eigenvalue weighted by Gasteiger charge is 2.06. The van der Waals surface area contributed by atoms with Crippen molar-refractivity contribution < 1.29 is 0 Å². The molecule has 1 aromatic rings. The van der Waals surface area contributed by atoms with E-state index in [2.05, 4.69) is 29.1 Å². The van der Waals surface area contributed by atoms with E-state index in [0.717, 1.165) is 24.4 Å². The largest absolute Gasteiger partial charge is 0.367 e. The number of aryl methyl sites for hydroxylation is 1. The Morgan fingerprint density at radius 3 is 2.67 bits per heavy atom. The summed E-state index contributed by atoms with van der Waals surface area (Å²) in [6, 6.07) is 2.39. The Morgan fingerprint density at radius 1 is 1.40 bits per heavy atom. The molecule has 0 bridgehead atoms. The van der Waals surface area contributed by atoms with E-state index in [1.807, 2.05) is 13.0 Å². The second kappa shape index (κ2) is 5.91. The Hall–Kier alpha value is -0.830. The lowest BCUT2D eigenvalue weighted by Crippen LogP contribution is -2.19. The number of halogens is 1. The molecule has 0 fully saturated rings. The second-order valence-corrected chi connectivity index (χ2v) is 4.04. The quantitative estimate of drug-likeness (QED) is 0.784. The fourth-order valence-electron chi connectivity index (χ4n) is 1.54. The van der Waals surface area contributed by atoms with Gasteiger partial charge < -0.3 is 5.32 Å². The van der Waals surface area contributed by atoms with Gasteiger partial charge in [-0.1, -0.05) is 20.3 Å². The Balaban J connectivity index is 2.69. The van der Waals surface area contributed by atoms with Crippen LogP contribution in [0.3, 0.4) is 0 Å². The van der Waals surface area contributed by atoms with Gasteiger partial charge in [0.05, 0.1) is 0 Å². The highest BCUT2D eigenvalue weighted by Crippen LogP contribution is 2.13. The lowest BCUT2D eigenvalue weighted by atomic mass is 10.1. The van der Waals surface area contributed by atoms with Crippen molar-refractivity contribution in [2.24, 2.45) is 0 Å². The molecule has 0 aromatic carbocycles. The zero-order valence-electron chi connectivity index (χ0n) is 9.55. The summed E-state index contributed by atoms with van der Waals surface area (Å²) in [5, 5.41) is 3.68. The van der Waals surface area contributed by atoms with E-state index in [1.54, 1.807) is 0 Å². The molecule has 1 heterocycles. The van der Waals surface area contributed by atoms with Gasteiger partial charge in [0, 0.05) is 17.8 Å². The van der Waals surface area contributed by atoms with Gasteiger partial charge >= 0.3 is 0 Å². The van der Waals surface area contributed by atoms with E-state index < -0.39 is 0 Å². The first-order valence-electron chi connectivity index (χ1n) is 5.43. The molecule has 1 unspecified atom stereocenters. The zero-order valence-corrected chi connectivity index (χ0v) is 10.3. The molecule has 1 N–H and O–H groups in total. The number of aromatic nitrogens is 2. The van der Waals surface area contributed by atoms with Gasteiger partial charge in [0.25, 0.3) is 0 Å². The van der Waals surface area contributed by atoms with Crippen LogP contribution in [0.2, 0.25) is 5.28 Å². The van der Waals surface area contributed by atoms with Crippen LogP contribution in [0.4, 0.5) is 5.82 Å². The van der Waals surface area contributed by atoms with Crippen LogP contribution >= 0.6 is 11.6 Å². The minimum atomic E-state index is 0.309. The number of nitrogens with one attached hydrogen (secondary N) is 1. The van der Waals surface area contributed by atoms with Gasteiger partial charge in [0.15, 0.2) is 0 Å². The van der Waals surface area contributed by atoms with Crippen molar-refractivity contribution in [3.05, 3.63) is 17.0 Å². The Labute approximate surface area is 96.3 Å². The van der Waals surface area contributed by atoms with Crippen molar-refractivity contribution in [1.29, 1.82) is 0 Å². The van der Waals surface area contributed by atoms with Crippen molar-refractivity contribution in [3.8, 4) is 0 Å². The molecular weight excluding hydrogens is 210 g/mol. The molecule has 84 valence electrons. The fourth-order valence-corrected chi connectivity index (χ4v) is 1.77. The molecule has 15 heavy (non-hydrogen) atoms. The molecule has 0 saturated heterocycles. The van der Waals surface area contributed by atoms with E-state index in [9.17, 15) is 0 Å². The molecule has 1 rings (SSSR count). The molecule has 3 nitrogen and oxygen atoms in total. The van der Waals surface area contributed by atoms with Crippen molar-refractivity contribution in [2.75, 3.05) is 5.32 Å². The third kappa shape index (κ3) is 4.04. The van der Waals surface area contributed by atoms with Crippen LogP contribution in [0.25, 0.3) is 0 Å². The van der Waals surface area contributed by atoms with Crippen LogP contribution < -0.4 is 5.32 Å². The molecule has 4 heteroatoms. The maximum atomic E-state index is 5.79. The van der Waals surface area contributed by atoms with Gasteiger partial charge in [-0.3, -0.25) is 0 Å². The van der Waals surface area contributed by atoms with E-state index in [-0.39, 0.29) is 0 Å². The zero-order chi connectivity index (χ0) is 11.3. The maximum Gasteiger partial charge on any atom is 0.224 e. The molecule has 0 aliphatic heterocycles. The molecule has 1 atom stereocenters. The highest BCUT2D eigenvalue weighted by molar-refractivity contribution is 6.28. The first-order chi connectivity index (χ1) is 7.15. The summed E-state index contributed by atoms with van der Waals surface area (Å²) < 4.78 is 0. The minimum Gasteiger partial charge on any atom is -0.367 e. The van der Waals surface area contributed by atoms with Gasteiger partial charge in [0.2, 0.25) is 5.28 Å². The Kier molecular flexibility index (Phi) is 4.82. The number of nitrogens with zero attached hydrogens (tertiary/aromatic N) is 2. The first-order valence-corrected chi connectivity index (χ1v) is 5.81. The number of rotatable bonds is 5. The van der Waals surface area contributed by atoms with E-state index >= 15 is 0 Å². The smallest absolute Gasteiger partial charge is 0.224 e. The SMILES string of the molecule is CCCC(CC)Nc1cc(C)nc(Cl)n1. The van der Waals surface area contributed by atoms with Gasteiger partial charge in [-0.25, -0.2) is 9.97 Å². The van der Waals surface area contributed by atoms with E-state index in [1.165, 1.54) is 6.42 Å². The van der Waals surface area contributed by atoms with Gasteiger partial charge in [-0.2, -0.15) is 0 Å². The minimum absolute atomic E-state index is 0.309. The molecule has 0 aliphatic rings. The predicted octanol–water partition coefficient (Wildman–Crippen LogP) is 3.43. The fraction of sp³-hybridized carbons (Fsp3) is 0.636. The van der Waals surface area contributed by atoms with E-state index in [4.69, 9.17) is 11.6 Å². The van der Waals surface area contributed by atoms with Crippen LogP contribution in [0.15, 0.2) is 6.07 Å². The first kappa shape index (κ1) is 12.2. The van der Waals surface area contributed by atoms with Crippen molar-refractivity contribution in [3.63, 3.8) is 0 Å². The Bertz CT molecular complexity index is 294. The maximum absolute atomic E-state index is 5.79. The van der Waals surface area contributed by atoms with Crippen molar-refractivity contribution >= 4 is 17.4 Å². The summed E-state index contributed by atoms with van der Waals surface area (Å²) in [7, 11) is 0. The number of anilines is 1. The average molecular weight is 228 g/mol. The Morgan fingerprint density at radius 2 is 2.13 bits per heavy atom. The summed E-state index contributed by atoms with van der Waals surface area (Å²) in [5.41, 5.74) is 0.892. The summed E-state index contributed by atoms with van der Waals surface area (Å²) in [4.78, 5) is 8.17. The molecule has 0 aliphatic carbocycles. The number of hydrogen-bond donors (Lipinski definition) is 1. The van der Waals surface area contributed by atoms with Gasteiger partial charge in [0.1, 0.15) is 5.82 Å². The normalized spacial score (nSPS) is 12.5. The molecular formula is C11H18ClN3. The average Bonchev–Trinajstić information content (AvgIpc) is 2.15. The predicted molar refractivity (Wildman–Crippen MR) is 64.4 cm³/mol. The summed E-state index contributed by atoms with van der Waals surface area (Å²) in [5.74, 6) is 0.827. The monoisotopic (exact) mass is 227 g/mol. The van der Waals surface area contributed by atoms with Crippen molar-refractivity contribution in [1.82, 2.24) is 9.97 Å². The van der Waals surface area contributed by atoms with E-state index in [0.29, 0.717) is 11.3 Å². The molecule has 0 spiro atoms. The molecule has 0 radical (unpaired) electrons. The lowest BCUT2D eigenvalue weighted by Gasteiger charge is -2.16. The third-order valence-electron chi connectivity index (χ3n) is 2.31. The van der Waals surface area contributed by atoms with Gasteiger partial charge in [-0.05, 0) is 31.4 Å². The second-order valence-electron chi connectivity index (χ2n) is 3.70. The van der Waals surface area contributed by atoms with Crippen LogP contribution in [-0.2, 0) is 0 Å². The van der Waals surface area contributed by atoms with Crippen LogP contribution in [0.5, 0.6) is 0 Å². The molecule has 0 saturated carbocycles. The molecule has 1 aromatic heterocycles. The van der Waals surface area contributed by atoms with Crippen molar-refractivity contribution in [2.45, 2.75) is 46.1 Å². The standard InChI is InChI=1S/C11H18ClN3/c1-4-6-9(5-2)14-10-7-8(3)13-11(12)15-10/h7,9H,4-6H2,1-3H3,(H,13,14,15). The third-order valence-corrected chi connectivity index (χ3v) is 2.48. The summed E-state index contributed by atoms with van der Waals surface area (Å²) in [6.45, 7) is 6.27. The lowest BCUT2D eigenvalue weighted by molar-refractivity contribution is 0.620.